The smallest absolute Gasteiger partial charge is 0.303 e. The van der Waals surface area contributed by atoms with Crippen molar-refractivity contribution in [2.45, 2.75) is 45.6 Å². The molecule has 2 N–H and O–H groups in total. The van der Waals surface area contributed by atoms with Crippen molar-refractivity contribution in [1.29, 1.82) is 0 Å². The van der Waals surface area contributed by atoms with E-state index >= 15 is 0 Å². The lowest BCUT2D eigenvalue weighted by Crippen LogP contribution is -2.30. The lowest BCUT2D eigenvalue weighted by atomic mass is 9.87. The molecule has 3 nitrogen and oxygen atoms in total. The van der Waals surface area contributed by atoms with Crippen molar-refractivity contribution in [1.82, 2.24) is 0 Å². The van der Waals surface area contributed by atoms with Gasteiger partial charge in [0, 0.05) is 6.42 Å². The Bertz CT molecular complexity index is 150. The highest BCUT2D eigenvalue weighted by molar-refractivity contribution is 5.66. The quantitative estimate of drug-likeness (QED) is 0.666. The van der Waals surface area contributed by atoms with Gasteiger partial charge < -0.3 is 10.2 Å². The first-order valence-electron chi connectivity index (χ1n) is 4.30. The standard InChI is InChI=1S/C9H18O3/c1-7(2)9(3,12)6-4-5-8(10)11/h7,12H,4-6H2,1-3H3,(H,10,11). The van der Waals surface area contributed by atoms with Gasteiger partial charge in [0.25, 0.3) is 0 Å². The summed E-state index contributed by atoms with van der Waals surface area (Å²) >= 11 is 0. The predicted molar refractivity (Wildman–Crippen MR) is 46.9 cm³/mol. The van der Waals surface area contributed by atoms with E-state index in [1.165, 1.54) is 0 Å². The molecule has 0 radical (unpaired) electrons. The maximum Gasteiger partial charge on any atom is 0.303 e. The molecule has 0 saturated heterocycles. The number of aliphatic hydroxyl groups is 1. The van der Waals surface area contributed by atoms with Crippen LogP contribution in [0.3, 0.4) is 0 Å². The van der Waals surface area contributed by atoms with Crippen LogP contribution in [0.4, 0.5) is 0 Å². The highest BCUT2D eigenvalue weighted by atomic mass is 16.4. The molecule has 1 unspecified atom stereocenters. The Morgan fingerprint density at radius 1 is 1.50 bits per heavy atom. The number of aliphatic carboxylic acids is 1. The number of carbonyl (C=O) groups is 1. The Balaban J connectivity index is 3.69. The minimum absolute atomic E-state index is 0.142. The second-order valence-electron chi connectivity index (χ2n) is 3.76. The van der Waals surface area contributed by atoms with Gasteiger partial charge in [0.2, 0.25) is 0 Å². The van der Waals surface area contributed by atoms with Gasteiger partial charge in [0.1, 0.15) is 0 Å². The van der Waals surface area contributed by atoms with Gasteiger partial charge in [-0.25, -0.2) is 0 Å². The van der Waals surface area contributed by atoms with E-state index in [1.807, 2.05) is 13.8 Å². The van der Waals surface area contributed by atoms with Crippen LogP contribution in [0.1, 0.15) is 40.0 Å². The molecular weight excluding hydrogens is 156 g/mol. The third-order valence-electron chi connectivity index (χ3n) is 2.32. The second-order valence-corrected chi connectivity index (χ2v) is 3.76. The molecular formula is C9H18O3. The third kappa shape index (κ3) is 4.34. The lowest BCUT2D eigenvalue weighted by molar-refractivity contribution is -0.137. The Morgan fingerprint density at radius 2 is 2.00 bits per heavy atom. The van der Waals surface area contributed by atoms with Crippen molar-refractivity contribution in [3.63, 3.8) is 0 Å². The Labute approximate surface area is 73.4 Å². The van der Waals surface area contributed by atoms with E-state index in [0.717, 1.165) is 0 Å². The highest BCUT2D eigenvalue weighted by Crippen LogP contribution is 2.22. The van der Waals surface area contributed by atoms with Crippen molar-refractivity contribution in [3.8, 4) is 0 Å². The molecule has 0 aliphatic rings. The topological polar surface area (TPSA) is 57.5 Å². The van der Waals surface area contributed by atoms with Crippen LogP contribution in [0.5, 0.6) is 0 Å². The van der Waals surface area contributed by atoms with Crippen LogP contribution < -0.4 is 0 Å². The van der Waals surface area contributed by atoms with Crippen molar-refractivity contribution in [3.05, 3.63) is 0 Å². The minimum Gasteiger partial charge on any atom is -0.481 e. The largest absolute Gasteiger partial charge is 0.481 e. The predicted octanol–water partition coefficient (Wildman–Crippen LogP) is 1.65. The van der Waals surface area contributed by atoms with E-state index in [0.29, 0.717) is 12.8 Å². The van der Waals surface area contributed by atoms with E-state index in [-0.39, 0.29) is 12.3 Å². The van der Waals surface area contributed by atoms with Crippen LogP contribution in [-0.2, 0) is 4.79 Å². The summed E-state index contributed by atoms with van der Waals surface area (Å²) in [5.41, 5.74) is -0.727. The van der Waals surface area contributed by atoms with E-state index < -0.39 is 11.6 Å². The molecule has 72 valence electrons. The molecule has 1 atom stereocenters. The zero-order valence-corrected chi connectivity index (χ0v) is 8.00. The zero-order valence-electron chi connectivity index (χ0n) is 8.00. The Kier molecular flexibility index (Phi) is 4.24. The molecule has 0 aromatic heterocycles. The van der Waals surface area contributed by atoms with Crippen LogP contribution in [0, 0.1) is 5.92 Å². The molecule has 0 aliphatic carbocycles. The minimum atomic E-state index is -0.797. The van der Waals surface area contributed by atoms with Crippen LogP contribution in [0.15, 0.2) is 0 Å². The fraction of sp³-hybridized carbons (Fsp3) is 0.889. The Hall–Kier alpha value is -0.570. The zero-order chi connectivity index (χ0) is 9.78. The van der Waals surface area contributed by atoms with E-state index in [9.17, 15) is 9.90 Å². The Morgan fingerprint density at radius 3 is 2.33 bits per heavy atom. The normalized spacial score (nSPS) is 16.1. The van der Waals surface area contributed by atoms with Gasteiger partial charge in [-0.1, -0.05) is 13.8 Å². The molecule has 0 amide bonds. The average Bonchev–Trinajstić information content (AvgIpc) is 1.85. The average molecular weight is 174 g/mol. The van der Waals surface area contributed by atoms with Gasteiger partial charge >= 0.3 is 5.97 Å². The number of carboxylic acid groups (broad SMARTS) is 1. The van der Waals surface area contributed by atoms with Gasteiger partial charge in [-0.2, -0.15) is 0 Å². The molecule has 0 fully saturated rings. The number of rotatable bonds is 5. The molecule has 0 bridgehead atoms. The van der Waals surface area contributed by atoms with Gasteiger partial charge in [-0.05, 0) is 25.7 Å². The van der Waals surface area contributed by atoms with Crippen molar-refractivity contribution in [2.75, 3.05) is 0 Å². The first-order valence-corrected chi connectivity index (χ1v) is 4.30. The van der Waals surface area contributed by atoms with E-state index in [2.05, 4.69) is 0 Å². The highest BCUT2D eigenvalue weighted by Gasteiger charge is 2.24. The van der Waals surface area contributed by atoms with Gasteiger partial charge in [-0.15, -0.1) is 0 Å². The molecule has 0 heterocycles. The number of hydrogen-bond acceptors (Lipinski definition) is 2. The molecule has 3 heteroatoms. The molecule has 0 aliphatic heterocycles. The van der Waals surface area contributed by atoms with Crippen LogP contribution in [0.2, 0.25) is 0 Å². The van der Waals surface area contributed by atoms with Crippen molar-refractivity contribution >= 4 is 5.97 Å². The summed E-state index contributed by atoms with van der Waals surface area (Å²) in [4.78, 5) is 10.2. The number of carboxylic acids is 1. The maximum absolute atomic E-state index is 10.2. The monoisotopic (exact) mass is 174 g/mol. The van der Waals surface area contributed by atoms with Crippen LogP contribution in [0.25, 0.3) is 0 Å². The fourth-order valence-electron chi connectivity index (χ4n) is 0.886. The van der Waals surface area contributed by atoms with Crippen molar-refractivity contribution in [2.24, 2.45) is 5.92 Å². The second kappa shape index (κ2) is 4.45. The summed E-state index contributed by atoms with van der Waals surface area (Å²) in [6.07, 6.45) is 1.24. The lowest BCUT2D eigenvalue weighted by Gasteiger charge is -2.27. The molecule has 0 spiro atoms. The van der Waals surface area contributed by atoms with Crippen molar-refractivity contribution < 1.29 is 15.0 Å². The summed E-state index contributed by atoms with van der Waals surface area (Å²) in [7, 11) is 0. The molecule has 0 rings (SSSR count). The van der Waals surface area contributed by atoms with Crippen LogP contribution in [-0.4, -0.2) is 21.8 Å². The van der Waals surface area contributed by atoms with Gasteiger partial charge in [-0.3, -0.25) is 4.79 Å². The van der Waals surface area contributed by atoms with E-state index in [4.69, 9.17) is 5.11 Å². The molecule has 0 aromatic rings. The van der Waals surface area contributed by atoms with Gasteiger partial charge in [0.15, 0.2) is 0 Å². The van der Waals surface area contributed by atoms with Gasteiger partial charge in [0.05, 0.1) is 5.60 Å². The maximum atomic E-state index is 10.2. The first kappa shape index (κ1) is 11.4. The fourth-order valence-corrected chi connectivity index (χ4v) is 0.886. The first-order chi connectivity index (χ1) is 5.36. The SMILES string of the molecule is CC(C)C(C)(O)CCCC(=O)O. The molecule has 0 aromatic carbocycles. The summed E-state index contributed by atoms with van der Waals surface area (Å²) < 4.78 is 0. The molecule has 0 saturated carbocycles. The van der Waals surface area contributed by atoms with E-state index in [1.54, 1.807) is 6.92 Å². The summed E-state index contributed by atoms with van der Waals surface area (Å²) in [5, 5.41) is 18.1. The number of hydrogen-bond donors (Lipinski definition) is 2. The molecule has 12 heavy (non-hydrogen) atoms. The third-order valence-corrected chi connectivity index (χ3v) is 2.32. The summed E-state index contributed by atoms with van der Waals surface area (Å²) in [6, 6.07) is 0. The summed E-state index contributed by atoms with van der Waals surface area (Å²) in [5.74, 6) is -0.624. The summed E-state index contributed by atoms with van der Waals surface area (Å²) in [6.45, 7) is 5.61. The van der Waals surface area contributed by atoms with Crippen LogP contribution >= 0.6 is 0 Å².